The van der Waals surface area contributed by atoms with Crippen molar-refractivity contribution in [1.82, 2.24) is 0 Å². The number of rotatable bonds is 3. The first-order chi connectivity index (χ1) is 10.1. The van der Waals surface area contributed by atoms with Crippen LogP contribution in [0.2, 0.25) is 5.02 Å². The number of nitrogens with zero attached hydrogens (tertiary/aromatic N) is 1. The molecule has 3 rings (SSSR count). The molecule has 1 aliphatic heterocycles. The van der Waals surface area contributed by atoms with E-state index >= 15 is 0 Å². The Hall–Kier alpha value is -2.00. The van der Waals surface area contributed by atoms with Crippen LogP contribution >= 0.6 is 11.6 Å². The van der Waals surface area contributed by atoms with Crippen LogP contribution in [0.1, 0.15) is 12.5 Å². The Balaban J connectivity index is 1.69. The van der Waals surface area contributed by atoms with Gasteiger partial charge in [-0.15, -0.1) is 0 Å². The number of carbonyl (C=O) groups is 1. The Labute approximate surface area is 129 Å². The van der Waals surface area contributed by atoms with Gasteiger partial charge in [0.2, 0.25) is 5.91 Å². The van der Waals surface area contributed by atoms with Crippen LogP contribution in [-0.4, -0.2) is 18.5 Å². The maximum atomic E-state index is 12.2. The van der Waals surface area contributed by atoms with Crippen LogP contribution in [0.25, 0.3) is 0 Å². The van der Waals surface area contributed by atoms with Crippen molar-refractivity contribution in [2.45, 2.75) is 19.4 Å². The fourth-order valence-corrected chi connectivity index (χ4v) is 2.88. The molecule has 0 saturated carbocycles. The molecular formula is C17H17ClN2O. The van der Waals surface area contributed by atoms with Crippen molar-refractivity contribution in [2.24, 2.45) is 0 Å². The van der Waals surface area contributed by atoms with Crippen LogP contribution in [0, 0.1) is 0 Å². The lowest BCUT2D eigenvalue weighted by atomic mass is 10.1. The van der Waals surface area contributed by atoms with E-state index in [4.69, 9.17) is 11.6 Å². The van der Waals surface area contributed by atoms with Gasteiger partial charge in [-0.2, -0.15) is 0 Å². The molecule has 0 fully saturated rings. The fraction of sp³-hybridized carbons (Fsp3) is 0.235. The summed E-state index contributed by atoms with van der Waals surface area (Å²) in [5, 5.41) is 3.57. The highest BCUT2D eigenvalue weighted by Gasteiger charge is 2.26. The molecule has 2 aromatic carbocycles. The van der Waals surface area contributed by atoms with Crippen LogP contribution in [0.15, 0.2) is 48.5 Å². The lowest BCUT2D eigenvalue weighted by Gasteiger charge is -2.24. The Bertz CT molecular complexity index is 654. The molecule has 21 heavy (non-hydrogen) atoms. The first-order valence-corrected chi connectivity index (χ1v) is 7.41. The molecule has 0 aliphatic carbocycles. The summed E-state index contributed by atoms with van der Waals surface area (Å²) in [6, 6.07) is 15.8. The van der Waals surface area contributed by atoms with Crippen LogP contribution < -0.4 is 10.2 Å². The van der Waals surface area contributed by atoms with Crippen molar-refractivity contribution in [1.29, 1.82) is 0 Å². The summed E-state index contributed by atoms with van der Waals surface area (Å²) in [6.07, 6.45) is 0.990. The maximum Gasteiger partial charge on any atom is 0.243 e. The molecule has 0 radical (unpaired) electrons. The summed E-state index contributed by atoms with van der Waals surface area (Å²) in [5.74, 6) is -0.0131. The van der Waals surface area contributed by atoms with Crippen molar-refractivity contribution in [3.8, 4) is 0 Å². The number of amides is 1. The largest absolute Gasteiger partial charge is 0.359 e. The second-order valence-electron chi connectivity index (χ2n) is 5.36. The molecule has 2 aromatic rings. The molecule has 1 atom stereocenters. The number of anilines is 2. The minimum Gasteiger partial charge on any atom is -0.359 e. The van der Waals surface area contributed by atoms with Gasteiger partial charge in [-0.3, -0.25) is 4.79 Å². The molecule has 108 valence electrons. The van der Waals surface area contributed by atoms with Gasteiger partial charge in [0.15, 0.2) is 0 Å². The van der Waals surface area contributed by atoms with Gasteiger partial charge < -0.3 is 10.2 Å². The van der Waals surface area contributed by atoms with Crippen LogP contribution in [0.3, 0.4) is 0 Å². The van der Waals surface area contributed by atoms with Gasteiger partial charge in [0.25, 0.3) is 0 Å². The Morgan fingerprint density at radius 3 is 2.71 bits per heavy atom. The first kappa shape index (κ1) is 14.0. The summed E-state index contributed by atoms with van der Waals surface area (Å²) in [7, 11) is 0. The van der Waals surface area contributed by atoms with Gasteiger partial charge in [-0.05, 0) is 49.2 Å². The van der Waals surface area contributed by atoms with E-state index < -0.39 is 0 Å². The third-order valence-electron chi connectivity index (χ3n) is 3.79. The summed E-state index contributed by atoms with van der Waals surface area (Å²) >= 11 is 5.84. The lowest BCUT2D eigenvalue weighted by Crippen LogP contribution is -2.37. The number of nitrogens with one attached hydrogen (secondary N) is 1. The molecule has 0 aromatic heterocycles. The number of hydrogen-bond donors (Lipinski definition) is 1. The second kappa shape index (κ2) is 5.78. The van der Waals surface area contributed by atoms with Gasteiger partial charge in [0, 0.05) is 22.4 Å². The molecule has 1 N–H and O–H groups in total. The summed E-state index contributed by atoms with van der Waals surface area (Å²) < 4.78 is 0. The minimum atomic E-state index is -0.0131. The number of para-hydroxylation sites is 1. The molecule has 1 amide bonds. The number of benzene rings is 2. The highest BCUT2D eigenvalue weighted by Crippen LogP contribution is 2.31. The lowest BCUT2D eigenvalue weighted by molar-refractivity contribution is -0.115. The number of hydrogen-bond acceptors (Lipinski definition) is 2. The van der Waals surface area contributed by atoms with E-state index in [1.807, 2.05) is 24.3 Å². The first-order valence-electron chi connectivity index (χ1n) is 7.03. The zero-order chi connectivity index (χ0) is 14.8. The van der Waals surface area contributed by atoms with E-state index in [0.717, 1.165) is 17.8 Å². The minimum absolute atomic E-state index is 0.0131. The molecule has 4 heteroatoms. The predicted octanol–water partition coefficient (Wildman–Crippen LogP) is 3.73. The van der Waals surface area contributed by atoms with Crippen molar-refractivity contribution in [3.63, 3.8) is 0 Å². The van der Waals surface area contributed by atoms with E-state index in [9.17, 15) is 4.79 Å². The smallest absolute Gasteiger partial charge is 0.243 e. The van der Waals surface area contributed by atoms with Gasteiger partial charge >= 0.3 is 0 Å². The van der Waals surface area contributed by atoms with E-state index in [0.29, 0.717) is 17.6 Å². The van der Waals surface area contributed by atoms with E-state index in [2.05, 4.69) is 29.3 Å². The standard InChI is InChI=1S/C17H17ClN2O/c1-12-10-13-4-2-3-5-16(13)20(12)11-17(21)19-15-8-6-14(18)7-9-15/h2-9,12H,10-11H2,1H3,(H,19,21). The molecule has 1 unspecified atom stereocenters. The average Bonchev–Trinajstić information content (AvgIpc) is 2.78. The van der Waals surface area contributed by atoms with Crippen molar-refractivity contribution in [2.75, 3.05) is 16.8 Å². The van der Waals surface area contributed by atoms with E-state index in [-0.39, 0.29) is 5.91 Å². The molecule has 3 nitrogen and oxygen atoms in total. The van der Waals surface area contributed by atoms with Gasteiger partial charge in [0.1, 0.15) is 0 Å². The average molecular weight is 301 g/mol. The number of fused-ring (bicyclic) bond motifs is 1. The van der Waals surface area contributed by atoms with Crippen LogP contribution in [0.5, 0.6) is 0 Å². The summed E-state index contributed by atoms with van der Waals surface area (Å²) in [5.41, 5.74) is 3.24. The third-order valence-corrected chi connectivity index (χ3v) is 4.04. The summed E-state index contributed by atoms with van der Waals surface area (Å²) in [4.78, 5) is 14.4. The van der Waals surface area contributed by atoms with E-state index in [1.165, 1.54) is 5.56 Å². The maximum absolute atomic E-state index is 12.2. The van der Waals surface area contributed by atoms with Crippen molar-refractivity contribution < 1.29 is 4.79 Å². The zero-order valence-corrected chi connectivity index (χ0v) is 12.6. The molecule has 1 aliphatic rings. The van der Waals surface area contributed by atoms with Gasteiger partial charge in [0.05, 0.1) is 6.54 Å². The number of carbonyl (C=O) groups excluding carboxylic acids is 1. The van der Waals surface area contributed by atoms with E-state index in [1.54, 1.807) is 12.1 Å². The van der Waals surface area contributed by atoms with Crippen LogP contribution in [-0.2, 0) is 11.2 Å². The Kier molecular flexibility index (Phi) is 3.84. The quantitative estimate of drug-likeness (QED) is 0.937. The molecule has 0 saturated heterocycles. The van der Waals surface area contributed by atoms with Crippen molar-refractivity contribution >= 4 is 28.9 Å². The summed E-state index contributed by atoms with van der Waals surface area (Å²) in [6.45, 7) is 2.51. The molecular weight excluding hydrogens is 284 g/mol. The number of halogens is 1. The third kappa shape index (κ3) is 3.03. The second-order valence-corrected chi connectivity index (χ2v) is 5.80. The van der Waals surface area contributed by atoms with Gasteiger partial charge in [-0.25, -0.2) is 0 Å². The molecule has 0 bridgehead atoms. The normalized spacial score (nSPS) is 16.7. The highest BCUT2D eigenvalue weighted by molar-refractivity contribution is 6.30. The topological polar surface area (TPSA) is 32.3 Å². The van der Waals surface area contributed by atoms with Gasteiger partial charge in [-0.1, -0.05) is 29.8 Å². The fourth-order valence-electron chi connectivity index (χ4n) is 2.76. The van der Waals surface area contributed by atoms with Crippen molar-refractivity contribution in [3.05, 3.63) is 59.1 Å². The molecule has 0 spiro atoms. The predicted molar refractivity (Wildman–Crippen MR) is 87.0 cm³/mol. The zero-order valence-electron chi connectivity index (χ0n) is 11.8. The van der Waals surface area contributed by atoms with Crippen LogP contribution in [0.4, 0.5) is 11.4 Å². The highest BCUT2D eigenvalue weighted by atomic mass is 35.5. The Morgan fingerprint density at radius 2 is 1.95 bits per heavy atom. The Morgan fingerprint density at radius 1 is 1.24 bits per heavy atom. The SMILES string of the molecule is CC1Cc2ccccc2N1CC(=O)Nc1ccc(Cl)cc1. The molecule has 1 heterocycles. The monoisotopic (exact) mass is 300 g/mol.